The Bertz CT molecular complexity index is 944. The lowest BCUT2D eigenvalue weighted by Gasteiger charge is -2.24. The van der Waals surface area contributed by atoms with Gasteiger partial charge in [0, 0.05) is 13.0 Å². The Labute approximate surface area is 174 Å². The second-order valence-corrected chi connectivity index (χ2v) is 8.52. The number of nitrogens with one attached hydrogen (secondary N) is 1. The first-order valence-electron chi connectivity index (χ1n) is 9.45. The van der Waals surface area contributed by atoms with Crippen LogP contribution in [0.5, 0.6) is 5.75 Å². The molecule has 1 unspecified atom stereocenters. The van der Waals surface area contributed by atoms with E-state index in [0.717, 1.165) is 5.56 Å². The van der Waals surface area contributed by atoms with Gasteiger partial charge in [-0.1, -0.05) is 17.0 Å². The first-order valence-corrected chi connectivity index (χ1v) is 10.9. The van der Waals surface area contributed by atoms with Crippen molar-refractivity contribution in [3.8, 4) is 5.75 Å². The van der Waals surface area contributed by atoms with E-state index in [1.165, 1.54) is 36.4 Å². The number of hydrogen-bond acceptors (Lipinski definition) is 6. The molecule has 1 fully saturated rings. The second-order valence-electron chi connectivity index (χ2n) is 6.86. The molecule has 0 spiro atoms. The number of nitrogens with zero attached hydrogens (tertiary/aromatic N) is 1. The van der Waals surface area contributed by atoms with Gasteiger partial charge in [-0.3, -0.25) is 10.0 Å². The SMILES string of the molecule is O=C(C1CCCOC1)N(O)NS(=O)(=O)c1ccc(OCCc2ccc(F)cc2)cc1. The summed E-state index contributed by atoms with van der Waals surface area (Å²) in [5.41, 5.74) is 0.913. The molecular weight excluding hydrogens is 415 g/mol. The van der Waals surface area contributed by atoms with Gasteiger partial charge in [-0.15, -0.1) is 5.17 Å². The van der Waals surface area contributed by atoms with Gasteiger partial charge in [-0.25, -0.2) is 12.8 Å². The lowest BCUT2D eigenvalue weighted by atomic mass is 10.0. The smallest absolute Gasteiger partial charge is 0.267 e. The number of benzene rings is 2. The zero-order chi connectivity index (χ0) is 21.6. The van der Waals surface area contributed by atoms with Crippen LogP contribution in [0.25, 0.3) is 0 Å². The minimum Gasteiger partial charge on any atom is -0.493 e. The van der Waals surface area contributed by atoms with Crippen LogP contribution in [-0.4, -0.2) is 44.5 Å². The molecule has 0 aromatic heterocycles. The van der Waals surface area contributed by atoms with Crippen LogP contribution in [0, 0.1) is 11.7 Å². The van der Waals surface area contributed by atoms with Crippen LogP contribution in [0.2, 0.25) is 0 Å². The van der Waals surface area contributed by atoms with Crippen LogP contribution in [-0.2, 0) is 26.0 Å². The van der Waals surface area contributed by atoms with Gasteiger partial charge >= 0.3 is 0 Å². The summed E-state index contributed by atoms with van der Waals surface area (Å²) >= 11 is 0. The van der Waals surface area contributed by atoms with E-state index >= 15 is 0 Å². The van der Waals surface area contributed by atoms with Crippen molar-refractivity contribution in [2.75, 3.05) is 19.8 Å². The van der Waals surface area contributed by atoms with Gasteiger partial charge in [0.05, 0.1) is 24.0 Å². The molecule has 0 aliphatic carbocycles. The van der Waals surface area contributed by atoms with Gasteiger partial charge in [-0.05, 0) is 54.8 Å². The Morgan fingerprint density at radius 1 is 1.20 bits per heavy atom. The summed E-state index contributed by atoms with van der Waals surface area (Å²) in [6.45, 7) is 1.01. The number of ether oxygens (including phenoxy) is 2. The highest BCUT2D eigenvalue weighted by atomic mass is 32.2. The van der Waals surface area contributed by atoms with E-state index in [1.807, 2.05) is 4.83 Å². The molecule has 8 nitrogen and oxygen atoms in total. The van der Waals surface area contributed by atoms with Crippen molar-refractivity contribution in [1.82, 2.24) is 10.0 Å². The molecular formula is C20H23FN2O6S. The van der Waals surface area contributed by atoms with Crippen molar-refractivity contribution in [2.24, 2.45) is 5.92 Å². The number of carbonyl (C=O) groups is 1. The Hall–Kier alpha value is -2.53. The summed E-state index contributed by atoms with van der Waals surface area (Å²) < 4.78 is 48.4. The fourth-order valence-electron chi connectivity index (χ4n) is 2.97. The molecule has 0 saturated carbocycles. The quantitative estimate of drug-likeness (QED) is 0.484. The molecule has 10 heteroatoms. The topological polar surface area (TPSA) is 105 Å². The highest BCUT2D eigenvalue weighted by Crippen LogP contribution is 2.18. The molecule has 3 rings (SSSR count). The number of rotatable bonds is 8. The molecule has 162 valence electrons. The third-order valence-electron chi connectivity index (χ3n) is 4.63. The van der Waals surface area contributed by atoms with Crippen LogP contribution < -0.4 is 9.57 Å². The standard InChI is InChI=1S/C20H23FN2O6S/c21-17-5-3-15(4-6-17)11-13-29-18-7-9-19(10-8-18)30(26,27)22-23(25)20(24)16-2-1-12-28-14-16/h3-10,16,22,25H,1-2,11-14H2. The molecule has 1 aliphatic rings. The third kappa shape index (κ3) is 5.99. The number of halogens is 1. The summed E-state index contributed by atoms with van der Waals surface area (Å²) in [4.78, 5) is 13.8. The van der Waals surface area contributed by atoms with E-state index < -0.39 is 21.8 Å². The third-order valence-corrected chi connectivity index (χ3v) is 5.94. The summed E-state index contributed by atoms with van der Waals surface area (Å²) in [5, 5.41) is 9.85. The van der Waals surface area contributed by atoms with Crippen molar-refractivity contribution >= 4 is 15.9 Å². The first-order chi connectivity index (χ1) is 14.3. The number of hydroxylamine groups is 1. The van der Waals surface area contributed by atoms with Crippen molar-refractivity contribution in [2.45, 2.75) is 24.2 Å². The number of amides is 1. The average molecular weight is 438 g/mol. The van der Waals surface area contributed by atoms with Gasteiger partial charge in [0.2, 0.25) is 0 Å². The summed E-state index contributed by atoms with van der Waals surface area (Å²) in [6.07, 6.45) is 1.75. The Morgan fingerprint density at radius 2 is 1.90 bits per heavy atom. The van der Waals surface area contributed by atoms with Gasteiger partial charge in [0.25, 0.3) is 15.9 Å². The molecule has 1 amide bonds. The Morgan fingerprint density at radius 3 is 2.53 bits per heavy atom. The maximum absolute atomic E-state index is 12.9. The van der Waals surface area contributed by atoms with E-state index in [2.05, 4.69) is 0 Å². The van der Waals surface area contributed by atoms with E-state index in [1.54, 1.807) is 12.1 Å². The van der Waals surface area contributed by atoms with E-state index in [4.69, 9.17) is 9.47 Å². The fourth-order valence-corrected chi connectivity index (χ4v) is 3.89. The van der Waals surface area contributed by atoms with E-state index in [-0.39, 0.29) is 22.5 Å². The van der Waals surface area contributed by atoms with Crippen molar-refractivity contribution in [3.05, 3.63) is 59.9 Å². The van der Waals surface area contributed by atoms with Gasteiger partial charge in [0.1, 0.15) is 11.6 Å². The largest absolute Gasteiger partial charge is 0.493 e. The summed E-state index contributed by atoms with van der Waals surface area (Å²) in [6, 6.07) is 11.6. The zero-order valence-corrected chi connectivity index (χ0v) is 17.0. The Kier molecular flexibility index (Phi) is 7.38. The van der Waals surface area contributed by atoms with Crippen LogP contribution in [0.15, 0.2) is 53.4 Å². The predicted octanol–water partition coefficient (Wildman–Crippen LogP) is 2.28. The lowest BCUT2D eigenvalue weighted by molar-refractivity contribution is -0.181. The van der Waals surface area contributed by atoms with Gasteiger partial charge in [-0.2, -0.15) is 0 Å². The van der Waals surface area contributed by atoms with Crippen molar-refractivity contribution in [3.63, 3.8) is 0 Å². The second kappa shape index (κ2) is 9.98. The van der Waals surface area contributed by atoms with E-state index in [0.29, 0.717) is 38.2 Å². The van der Waals surface area contributed by atoms with Crippen molar-refractivity contribution < 1.29 is 32.3 Å². The average Bonchev–Trinajstić information content (AvgIpc) is 2.75. The molecule has 1 saturated heterocycles. The number of hydrogen-bond donors (Lipinski definition) is 2. The van der Waals surface area contributed by atoms with Gasteiger partial charge < -0.3 is 9.47 Å². The molecule has 2 N–H and O–H groups in total. The monoisotopic (exact) mass is 438 g/mol. The first kappa shape index (κ1) is 22.2. The highest BCUT2D eigenvalue weighted by Gasteiger charge is 2.29. The fraction of sp³-hybridized carbons (Fsp3) is 0.350. The minimum absolute atomic E-state index is 0.00177. The number of hydrazine groups is 1. The number of sulfonamides is 1. The maximum Gasteiger partial charge on any atom is 0.267 e. The predicted molar refractivity (Wildman–Crippen MR) is 105 cm³/mol. The van der Waals surface area contributed by atoms with Crippen molar-refractivity contribution in [1.29, 1.82) is 0 Å². The maximum atomic E-state index is 12.9. The molecule has 0 bridgehead atoms. The number of carbonyl (C=O) groups excluding carboxylic acids is 1. The van der Waals surface area contributed by atoms with Crippen LogP contribution in [0.4, 0.5) is 4.39 Å². The molecule has 0 radical (unpaired) electrons. The van der Waals surface area contributed by atoms with Crippen LogP contribution >= 0.6 is 0 Å². The molecule has 1 aliphatic heterocycles. The normalized spacial score (nSPS) is 16.8. The zero-order valence-electron chi connectivity index (χ0n) is 16.2. The van der Waals surface area contributed by atoms with Crippen LogP contribution in [0.1, 0.15) is 18.4 Å². The Balaban J connectivity index is 1.53. The van der Waals surface area contributed by atoms with Gasteiger partial charge in [0.15, 0.2) is 0 Å². The van der Waals surface area contributed by atoms with Crippen LogP contribution in [0.3, 0.4) is 0 Å². The lowest BCUT2D eigenvalue weighted by Crippen LogP contribution is -2.47. The highest BCUT2D eigenvalue weighted by molar-refractivity contribution is 7.89. The molecule has 30 heavy (non-hydrogen) atoms. The molecule has 1 atom stereocenters. The summed E-state index contributed by atoms with van der Waals surface area (Å²) in [7, 11) is -4.15. The summed E-state index contributed by atoms with van der Waals surface area (Å²) in [5.74, 6) is -1.21. The van der Waals surface area contributed by atoms with E-state index in [9.17, 15) is 22.8 Å². The molecule has 1 heterocycles. The minimum atomic E-state index is -4.15. The molecule has 2 aromatic rings. The molecule has 2 aromatic carbocycles.